The average molecular weight is 329 g/mol. The Kier molecular flexibility index (Phi) is 3.30. The van der Waals surface area contributed by atoms with Crippen LogP contribution in [-0.2, 0) is 6.42 Å². The van der Waals surface area contributed by atoms with Crippen molar-refractivity contribution in [2.75, 3.05) is 0 Å². The van der Waals surface area contributed by atoms with Crippen LogP contribution in [0.5, 0.6) is 0 Å². The fourth-order valence-electron chi connectivity index (χ4n) is 2.27. The van der Waals surface area contributed by atoms with E-state index in [0.717, 1.165) is 16.6 Å². The van der Waals surface area contributed by atoms with Gasteiger partial charge in [-0.3, -0.25) is 4.98 Å². The second kappa shape index (κ2) is 5.47. The first-order valence-electron chi connectivity index (χ1n) is 6.75. The zero-order valence-corrected chi connectivity index (χ0v) is 12.5. The predicted molar refractivity (Wildman–Crippen MR) is 81.1 cm³/mol. The molecule has 0 bridgehead atoms. The highest BCUT2D eigenvalue weighted by atomic mass is 32.1. The van der Waals surface area contributed by atoms with Crippen molar-refractivity contribution in [2.24, 2.45) is 0 Å². The van der Waals surface area contributed by atoms with Crippen molar-refractivity contribution in [3.8, 4) is 10.6 Å². The third-order valence-corrected chi connectivity index (χ3v) is 4.20. The normalized spacial score (nSPS) is 11.2. The highest BCUT2D eigenvalue weighted by Gasteiger charge is 2.14. The Bertz CT molecular complexity index is 960. The van der Waals surface area contributed by atoms with E-state index in [2.05, 4.69) is 20.3 Å². The second-order valence-corrected chi connectivity index (χ2v) is 5.87. The van der Waals surface area contributed by atoms with Crippen LogP contribution < -0.4 is 0 Å². The third-order valence-electron chi connectivity index (χ3n) is 3.25. The number of pyridine rings is 1. The van der Waals surface area contributed by atoms with Gasteiger partial charge in [-0.1, -0.05) is 11.3 Å². The summed E-state index contributed by atoms with van der Waals surface area (Å²) in [6.07, 6.45) is 3.65. The second-order valence-electron chi connectivity index (χ2n) is 4.91. The van der Waals surface area contributed by atoms with Gasteiger partial charge >= 0.3 is 0 Å². The van der Waals surface area contributed by atoms with Crippen molar-refractivity contribution in [1.29, 1.82) is 0 Å². The van der Waals surface area contributed by atoms with Gasteiger partial charge in [0.2, 0.25) is 4.96 Å². The Labute approximate surface area is 133 Å². The summed E-state index contributed by atoms with van der Waals surface area (Å²) in [4.78, 5) is 4.68. The maximum atomic E-state index is 13.3. The van der Waals surface area contributed by atoms with Crippen LogP contribution in [0.15, 0.2) is 42.7 Å². The molecule has 0 radical (unpaired) electrons. The number of fused-ring (bicyclic) bond motifs is 1. The maximum Gasteiger partial charge on any atom is 0.234 e. The molecule has 0 fully saturated rings. The van der Waals surface area contributed by atoms with E-state index in [-0.39, 0.29) is 6.42 Å². The zero-order chi connectivity index (χ0) is 15.8. The molecule has 3 heterocycles. The molecule has 0 saturated heterocycles. The smallest absolute Gasteiger partial charge is 0.234 e. The van der Waals surface area contributed by atoms with E-state index in [1.807, 2.05) is 12.1 Å². The Balaban J connectivity index is 1.72. The van der Waals surface area contributed by atoms with Gasteiger partial charge in [0.05, 0.1) is 0 Å². The lowest BCUT2D eigenvalue weighted by atomic mass is 10.1. The molecule has 23 heavy (non-hydrogen) atoms. The number of benzene rings is 1. The number of hydrogen-bond acceptors (Lipinski definition) is 5. The number of rotatable bonds is 3. The van der Waals surface area contributed by atoms with Crippen molar-refractivity contribution in [3.05, 3.63) is 65.7 Å². The lowest BCUT2D eigenvalue weighted by Gasteiger charge is -2.00. The maximum absolute atomic E-state index is 13.3. The average Bonchev–Trinajstić information content (AvgIpc) is 3.09. The largest absolute Gasteiger partial charge is 0.264 e. The molecule has 4 rings (SSSR count). The highest BCUT2D eigenvalue weighted by molar-refractivity contribution is 7.19. The van der Waals surface area contributed by atoms with Crippen molar-refractivity contribution >= 4 is 16.3 Å². The van der Waals surface area contributed by atoms with Crippen LogP contribution in [0.25, 0.3) is 15.5 Å². The van der Waals surface area contributed by atoms with Gasteiger partial charge in [-0.15, -0.1) is 10.2 Å². The number of nitrogens with zero attached hydrogens (tertiary/aromatic N) is 5. The summed E-state index contributed by atoms with van der Waals surface area (Å²) in [5, 5.41) is 13.3. The molecule has 0 aliphatic heterocycles. The van der Waals surface area contributed by atoms with Gasteiger partial charge in [-0.2, -0.15) is 9.61 Å². The first-order valence-corrected chi connectivity index (χ1v) is 7.57. The van der Waals surface area contributed by atoms with E-state index in [1.54, 1.807) is 16.9 Å². The standard InChI is InChI=1S/C15H9F2N5S/c16-11-4-9(5-12(17)7-11)6-13-19-20-15-22(13)21-14(23-15)10-2-1-3-18-8-10/h1-5,7-8H,6H2. The van der Waals surface area contributed by atoms with Gasteiger partial charge in [-0.05, 0) is 29.8 Å². The summed E-state index contributed by atoms with van der Waals surface area (Å²) >= 11 is 1.38. The SMILES string of the molecule is Fc1cc(F)cc(Cc2nnc3sc(-c4cccnc4)nn23)c1. The highest BCUT2D eigenvalue weighted by Crippen LogP contribution is 2.25. The minimum atomic E-state index is -0.616. The molecule has 0 spiro atoms. The summed E-state index contributed by atoms with van der Waals surface area (Å²) in [5.41, 5.74) is 1.36. The van der Waals surface area contributed by atoms with E-state index in [0.29, 0.717) is 16.3 Å². The van der Waals surface area contributed by atoms with Gasteiger partial charge in [0, 0.05) is 30.4 Å². The summed E-state index contributed by atoms with van der Waals surface area (Å²) in [7, 11) is 0. The van der Waals surface area contributed by atoms with Crippen LogP contribution in [0.1, 0.15) is 11.4 Å². The van der Waals surface area contributed by atoms with Crippen LogP contribution in [0, 0.1) is 11.6 Å². The van der Waals surface area contributed by atoms with Gasteiger partial charge in [0.15, 0.2) is 5.82 Å². The van der Waals surface area contributed by atoms with E-state index < -0.39 is 11.6 Å². The predicted octanol–water partition coefficient (Wildman–Crippen LogP) is 3.12. The summed E-state index contributed by atoms with van der Waals surface area (Å²) in [6.45, 7) is 0. The molecule has 0 unspecified atom stereocenters. The van der Waals surface area contributed by atoms with Crippen molar-refractivity contribution in [1.82, 2.24) is 24.8 Å². The molecular formula is C15H9F2N5S. The molecule has 0 aliphatic carbocycles. The molecule has 3 aromatic heterocycles. The summed E-state index contributed by atoms with van der Waals surface area (Å²) < 4.78 is 28.2. The third kappa shape index (κ3) is 2.68. The number of hydrogen-bond donors (Lipinski definition) is 0. The Morgan fingerprint density at radius 1 is 1.09 bits per heavy atom. The van der Waals surface area contributed by atoms with Crippen LogP contribution in [0.3, 0.4) is 0 Å². The molecule has 0 aliphatic rings. The minimum Gasteiger partial charge on any atom is -0.264 e. The van der Waals surface area contributed by atoms with E-state index in [9.17, 15) is 8.78 Å². The molecule has 0 atom stereocenters. The lowest BCUT2D eigenvalue weighted by molar-refractivity contribution is 0.580. The Morgan fingerprint density at radius 3 is 2.65 bits per heavy atom. The Hall–Kier alpha value is -2.74. The van der Waals surface area contributed by atoms with E-state index in [1.165, 1.54) is 23.5 Å². The van der Waals surface area contributed by atoms with Gasteiger partial charge < -0.3 is 0 Å². The van der Waals surface area contributed by atoms with Gasteiger partial charge in [0.1, 0.15) is 16.6 Å². The van der Waals surface area contributed by atoms with Crippen LogP contribution in [0.4, 0.5) is 8.78 Å². The minimum absolute atomic E-state index is 0.242. The molecule has 0 saturated carbocycles. The monoisotopic (exact) mass is 329 g/mol. The molecule has 5 nitrogen and oxygen atoms in total. The topological polar surface area (TPSA) is 56.0 Å². The van der Waals surface area contributed by atoms with Crippen molar-refractivity contribution < 1.29 is 8.78 Å². The van der Waals surface area contributed by atoms with E-state index >= 15 is 0 Å². The van der Waals surface area contributed by atoms with Crippen molar-refractivity contribution in [2.45, 2.75) is 6.42 Å². The quantitative estimate of drug-likeness (QED) is 0.579. The number of halogens is 2. The van der Waals surface area contributed by atoms with Gasteiger partial charge in [-0.25, -0.2) is 8.78 Å². The van der Waals surface area contributed by atoms with Crippen molar-refractivity contribution in [3.63, 3.8) is 0 Å². The van der Waals surface area contributed by atoms with Crippen LogP contribution in [-0.4, -0.2) is 24.8 Å². The fraction of sp³-hybridized carbons (Fsp3) is 0.0667. The summed E-state index contributed by atoms with van der Waals surface area (Å²) in [5.74, 6) is -0.707. The Morgan fingerprint density at radius 2 is 1.91 bits per heavy atom. The van der Waals surface area contributed by atoms with Gasteiger partial charge in [0.25, 0.3) is 0 Å². The lowest BCUT2D eigenvalue weighted by Crippen LogP contribution is -1.99. The van der Waals surface area contributed by atoms with E-state index in [4.69, 9.17) is 0 Å². The van der Waals surface area contributed by atoms with Crippen LogP contribution >= 0.6 is 11.3 Å². The first kappa shape index (κ1) is 13.9. The molecule has 4 aromatic rings. The molecule has 1 aromatic carbocycles. The fourth-order valence-corrected chi connectivity index (χ4v) is 3.12. The first-order chi connectivity index (χ1) is 11.2. The molecule has 0 N–H and O–H groups in total. The molecular weight excluding hydrogens is 320 g/mol. The zero-order valence-electron chi connectivity index (χ0n) is 11.6. The van der Waals surface area contributed by atoms with Crippen LogP contribution in [0.2, 0.25) is 0 Å². The molecule has 8 heteroatoms. The molecule has 0 amide bonds. The summed E-state index contributed by atoms with van der Waals surface area (Å²) in [6, 6.07) is 7.12. The molecule has 114 valence electrons. The number of aromatic nitrogens is 5.